The Balaban J connectivity index is 1.27. The highest BCUT2D eigenvalue weighted by Gasteiger charge is 2.07. The topological polar surface area (TPSA) is 103 Å². The van der Waals surface area contributed by atoms with Crippen molar-refractivity contribution >= 4 is 11.6 Å². The van der Waals surface area contributed by atoms with Gasteiger partial charge >= 0.3 is 0 Å². The Morgan fingerprint density at radius 3 is 2.24 bits per heavy atom. The summed E-state index contributed by atoms with van der Waals surface area (Å²) < 4.78 is 5.31. The van der Waals surface area contributed by atoms with Crippen LogP contribution in [0.15, 0.2) is 83.9 Å². The van der Waals surface area contributed by atoms with E-state index in [1.54, 1.807) is 30.9 Å². The van der Waals surface area contributed by atoms with Crippen LogP contribution in [0.3, 0.4) is 0 Å². The maximum Gasteiger partial charge on any atom is 0.198 e. The normalized spacial score (nSPS) is 10.8. The van der Waals surface area contributed by atoms with Gasteiger partial charge in [-0.2, -0.15) is 0 Å². The summed E-state index contributed by atoms with van der Waals surface area (Å²) in [5, 5.41) is 3.24. The molecule has 0 saturated heterocycles. The number of anilines is 2. The lowest BCUT2D eigenvalue weighted by Gasteiger charge is -2.08. The molecular formula is C25H21N7O. The molecule has 0 bridgehead atoms. The molecule has 0 aliphatic carbocycles. The number of hydrogen-bond acceptors (Lipinski definition) is 8. The summed E-state index contributed by atoms with van der Waals surface area (Å²) in [5.41, 5.74) is 3.91. The molecular weight excluding hydrogens is 414 g/mol. The number of rotatable bonds is 7. The summed E-state index contributed by atoms with van der Waals surface area (Å²) in [5.74, 6) is 3.29. The minimum absolute atomic E-state index is 0.558. The summed E-state index contributed by atoms with van der Waals surface area (Å²) in [7, 11) is 0. The second-order valence-corrected chi connectivity index (χ2v) is 7.51. The van der Waals surface area contributed by atoms with E-state index in [1.165, 1.54) is 0 Å². The van der Waals surface area contributed by atoms with E-state index in [0.717, 1.165) is 28.3 Å². The molecule has 0 fully saturated rings. The lowest BCUT2D eigenvalue weighted by atomic mass is 10.1. The third kappa shape index (κ3) is 5.24. The fourth-order valence-corrected chi connectivity index (χ4v) is 3.38. The maximum atomic E-state index is 5.31. The average molecular weight is 435 g/mol. The molecule has 0 unspecified atom stereocenters. The minimum atomic E-state index is 0.558. The summed E-state index contributed by atoms with van der Waals surface area (Å²) >= 11 is 0. The number of aryl methyl sites for hydroxylation is 1. The first-order valence-electron chi connectivity index (χ1n) is 10.5. The first-order valence-corrected chi connectivity index (χ1v) is 10.5. The SMILES string of the molecule is Cc1cccc(-c2nccc(Nc3ccnc(Cc4ccc(Cc5ncco5)cc4)n3)n2)n1. The van der Waals surface area contributed by atoms with Crippen LogP contribution in [0.1, 0.15) is 28.5 Å². The van der Waals surface area contributed by atoms with Crippen molar-refractivity contribution in [2.75, 3.05) is 5.32 Å². The number of nitrogens with zero attached hydrogens (tertiary/aromatic N) is 6. The van der Waals surface area contributed by atoms with Gasteiger partial charge in [-0.05, 0) is 42.3 Å². The smallest absolute Gasteiger partial charge is 0.198 e. The van der Waals surface area contributed by atoms with Crippen LogP contribution < -0.4 is 5.32 Å². The number of aromatic nitrogens is 6. The van der Waals surface area contributed by atoms with Crippen LogP contribution in [-0.4, -0.2) is 29.9 Å². The van der Waals surface area contributed by atoms with Crippen LogP contribution in [0.5, 0.6) is 0 Å². The maximum absolute atomic E-state index is 5.31. The fraction of sp³-hybridized carbons (Fsp3) is 0.120. The van der Waals surface area contributed by atoms with Crippen LogP contribution in [-0.2, 0) is 12.8 Å². The fourth-order valence-electron chi connectivity index (χ4n) is 3.38. The summed E-state index contributed by atoms with van der Waals surface area (Å²) in [4.78, 5) is 26.6. The van der Waals surface area contributed by atoms with E-state index in [1.807, 2.05) is 31.2 Å². The van der Waals surface area contributed by atoms with E-state index in [9.17, 15) is 0 Å². The van der Waals surface area contributed by atoms with E-state index >= 15 is 0 Å². The van der Waals surface area contributed by atoms with Crippen molar-refractivity contribution in [3.63, 3.8) is 0 Å². The molecule has 8 nitrogen and oxygen atoms in total. The van der Waals surface area contributed by atoms with Gasteiger partial charge in [0.2, 0.25) is 0 Å². The molecule has 0 radical (unpaired) electrons. The highest BCUT2D eigenvalue weighted by molar-refractivity contribution is 5.56. The van der Waals surface area contributed by atoms with E-state index in [-0.39, 0.29) is 0 Å². The average Bonchev–Trinajstić information content (AvgIpc) is 3.34. The van der Waals surface area contributed by atoms with Gasteiger partial charge in [-0.25, -0.2) is 29.9 Å². The molecule has 0 atom stereocenters. The van der Waals surface area contributed by atoms with Gasteiger partial charge in [-0.3, -0.25) is 0 Å². The number of benzene rings is 1. The van der Waals surface area contributed by atoms with Crippen molar-refractivity contribution in [3.8, 4) is 11.5 Å². The van der Waals surface area contributed by atoms with Crippen LogP contribution >= 0.6 is 0 Å². The Bertz CT molecular complexity index is 1350. The van der Waals surface area contributed by atoms with Gasteiger partial charge in [0.25, 0.3) is 0 Å². The van der Waals surface area contributed by atoms with Gasteiger partial charge in [-0.15, -0.1) is 0 Å². The second-order valence-electron chi connectivity index (χ2n) is 7.51. The molecule has 0 spiro atoms. The molecule has 0 saturated carbocycles. The Morgan fingerprint density at radius 1 is 0.727 bits per heavy atom. The van der Waals surface area contributed by atoms with Crippen LogP contribution in [0, 0.1) is 6.92 Å². The lowest BCUT2D eigenvalue weighted by molar-refractivity contribution is 0.507. The van der Waals surface area contributed by atoms with E-state index in [0.29, 0.717) is 36.2 Å². The monoisotopic (exact) mass is 435 g/mol. The predicted molar refractivity (Wildman–Crippen MR) is 124 cm³/mol. The number of oxazole rings is 1. The first kappa shape index (κ1) is 20.4. The Morgan fingerprint density at radius 2 is 1.48 bits per heavy atom. The Kier molecular flexibility index (Phi) is 5.79. The lowest BCUT2D eigenvalue weighted by Crippen LogP contribution is -2.03. The van der Waals surface area contributed by atoms with Gasteiger partial charge < -0.3 is 9.73 Å². The third-order valence-electron chi connectivity index (χ3n) is 4.96. The standard InChI is InChI=1S/C25H21N7O/c1-17-3-2-4-20(29-17)25-28-12-10-22(32-25)30-21-9-11-26-23(31-21)15-18-5-7-19(8-6-18)16-24-27-13-14-33-24/h2-14H,15-16H2,1H3,(H,26,28,30,31,32). The molecule has 1 N–H and O–H groups in total. The highest BCUT2D eigenvalue weighted by atomic mass is 16.3. The van der Waals surface area contributed by atoms with Crippen molar-refractivity contribution < 1.29 is 4.42 Å². The third-order valence-corrected chi connectivity index (χ3v) is 4.96. The summed E-state index contributed by atoms with van der Waals surface area (Å²) in [6.07, 6.45) is 7.98. The molecule has 1 aromatic carbocycles. The summed E-state index contributed by atoms with van der Waals surface area (Å²) in [6.45, 7) is 1.94. The van der Waals surface area contributed by atoms with Gasteiger partial charge in [0, 0.05) is 30.9 Å². The zero-order valence-electron chi connectivity index (χ0n) is 18.0. The zero-order chi connectivity index (χ0) is 22.5. The molecule has 0 amide bonds. The second kappa shape index (κ2) is 9.35. The van der Waals surface area contributed by atoms with Crippen LogP contribution in [0.4, 0.5) is 11.6 Å². The number of hydrogen-bond donors (Lipinski definition) is 1. The van der Waals surface area contributed by atoms with Gasteiger partial charge in [-0.1, -0.05) is 30.3 Å². The molecule has 4 heterocycles. The van der Waals surface area contributed by atoms with Crippen molar-refractivity contribution in [2.24, 2.45) is 0 Å². The van der Waals surface area contributed by atoms with Crippen LogP contribution in [0.2, 0.25) is 0 Å². The molecule has 5 aromatic rings. The predicted octanol–water partition coefficient (Wildman–Crippen LogP) is 4.55. The van der Waals surface area contributed by atoms with Crippen molar-refractivity contribution in [1.82, 2.24) is 29.9 Å². The van der Waals surface area contributed by atoms with Gasteiger partial charge in [0.15, 0.2) is 11.7 Å². The first-order chi connectivity index (χ1) is 16.2. The van der Waals surface area contributed by atoms with Crippen molar-refractivity contribution in [1.29, 1.82) is 0 Å². The minimum Gasteiger partial charge on any atom is -0.449 e. The van der Waals surface area contributed by atoms with Gasteiger partial charge in [0.1, 0.15) is 29.4 Å². The zero-order valence-corrected chi connectivity index (χ0v) is 18.0. The number of pyridine rings is 1. The van der Waals surface area contributed by atoms with Crippen molar-refractivity contribution in [3.05, 3.63) is 108 Å². The molecule has 8 heteroatoms. The Hall–Kier alpha value is -4.46. The van der Waals surface area contributed by atoms with Crippen molar-refractivity contribution in [2.45, 2.75) is 19.8 Å². The quantitative estimate of drug-likeness (QED) is 0.397. The number of nitrogens with one attached hydrogen (secondary N) is 1. The highest BCUT2D eigenvalue weighted by Crippen LogP contribution is 2.18. The van der Waals surface area contributed by atoms with Crippen LogP contribution in [0.25, 0.3) is 11.5 Å². The van der Waals surface area contributed by atoms with E-state index in [4.69, 9.17) is 4.42 Å². The van der Waals surface area contributed by atoms with E-state index < -0.39 is 0 Å². The van der Waals surface area contributed by atoms with Gasteiger partial charge in [0.05, 0.1) is 6.20 Å². The molecule has 33 heavy (non-hydrogen) atoms. The summed E-state index contributed by atoms with van der Waals surface area (Å²) in [6, 6.07) is 17.7. The molecule has 4 aromatic heterocycles. The molecule has 162 valence electrons. The Labute approximate surface area is 190 Å². The molecule has 0 aliphatic rings. The molecule has 0 aliphatic heterocycles. The largest absolute Gasteiger partial charge is 0.449 e. The molecule has 5 rings (SSSR count). The van der Waals surface area contributed by atoms with E-state index in [2.05, 4.69) is 59.5 Å².